The number of hydrogen-bond donors (Lipinski definition) is 2. The first-order valence-corrected chi connectivity index (χ1v) is 11.1. The zero-order chi connectivity index (χ0) is 22.2. The number of nitrogens with zero attached hydrogens (tertiary/aromatic N) is 1. The van der Waals surface area contributed by atoms with Crippen molar-refractivity contribution in [1.29, 1.82) is 0 Å². The molecule has 1 aliphatic carbocycles. The Morgan fingerprint density at radius 3 is 2.69 bits per heavy atom. The Labute approximate surface area is 188 Å². The molecule has 164 valence electrons. The number of benzene rings is 3. The van der Waals surface area contributed by atoms with Crippen molar-refractivity contribution in [2.45, 2.75) is 26.0 Å². The number of fused-ring (bicyclic) bond motifs is 5. The van der Waals surface area contributed by atoms with Crippen molar-refractivity contribution in [2.24, 2.45) is 0 Å². The lowest BCUT2D eigenvalue weighted by Gasteiger charge is -2.24. The van der Waals surface area contributed by atoms with Crippen LogP contribution in [0.25, 0.3) is 22.3 Å². The Bertz CT molecular complexity index is 1200. The minimum Gasteiger partial charge on any atom is -0.396 e. The van der Waals surface area contributed by atoms with E-state index in [1.807, 2.05) is 6.07 Å². The lowest BCUT2D eigenvalue weighted by Crippen LogP contribution is -2.20. The molecule has 0 saturated carbocycles. The quantitative estimate of drug-likeness (QED) is 0.465. The molecule has 3 aromatic carbocycles. The Morgan fingerprint density at radius 2 is 1.88 bits per heavy atom. The number of methoxy groups -OCH3 is 1. The minimum atomic E-state index is 0.0121. The summed E-state index contributed by atoms with van der Waals surface area (Å²) in [6.07, 6.45) is 1.54. The van der Waals surface area contributed by atoms with Crippen LogP contribution in [0.4, 0.5) is 5.69 Å². The normalized spacial score (nSPS) is 13.5. The van der Waals surface area contributed by atoms with Gasteiger partial charge in [-0.15, -0.1) is 0 Å². The third-order valence-corrected chi connectivity index (χ3v) is 6.56. The van der Waals surface area contributed by atoms with Crippen LogP contribution in [0.3, 0.4) is 0 Å². The third-order valence-electron chi connectivity index (χ3n) is 6.56. The molecule has 1 amide bonds. The SMILES string of the molecule is COCc1ccc(N(C)CCCO)c(-c2cc3c(c4c2CNC4=O)-c2ccccc2C3)c1. The minimum absolute atomic E-state index is 0.0121. The van der Waals surface area contributed by atoms with Crippen LogP contribution in [-0.4, -0.2) is 38.3 Å². The van der Waals surface area contributed by atoms with Gasteiger partial charge in [0.1, 0.15) is 0 Å². The molecule has 0 fully saturated rings. The van der Waals surface area contributed by atoms with Crippen LogP contribution in [0.1, 0.15) is 39.0 Å². The first-order valence-electron chi connectivity index (χ1n) is 11.1. The number of carbonyl (C=O) groups is 1. The second-order valence-corrected chi connectivity index (χ2v) is 8.61. The molecule has 0 aromatic heterocycles. The van der Waals surface area contributed by atoms with E-state index >= 15 is 0 Å². The van der Waals surface area contributed by atoms with Gasteiger partial charge in [0.2, 0.25) is 0 Å². The summed E-state index contributed by atoms with van der Waals surface area (Å²) in [4.78, 5) is 15.2. The largest absolute Gasteiger partial charge is 0.396 e. The van der Waals surface area contributed by atoms with Crippen LogP contribution in [0.15, 0.2) is 48.5 Å². The van der Waals surface area contributed by atoms with E-state index in [4.69, 9.17) is 4.74 Å². The van der Waals surface area contributed by atoms with Crippen molar-refractivity contribution in [1.82, 2.24) is 5.32 Å². The van der Waals surface area contributed by atoms with E-state index in [9.17, 15) is 9.90 Å². The molecule has 2 N–H and O–H groups in total. The maximum atomic E-state index is 13.0. The van der Waals surface area contributed by atoms with Crippen LogP contribution in [0, 0.1) is 0 Å². The van der Waals surface area contributed by atoms with Crippen LogP contribution in [0.5, 0.6) is 0 Å². The number of amides is 1. The third kappa shape index (κ3) is 3.38. The standard InChI is InChI=1S/C27H28N2O3/c1-29(10-5-11-30)24-9-8-17(16-32-2)12-22(24)21-14-19-13-18-6-3-4-7-20(18)25(19)26-23(21)15-28-27(26)31/h3-4,6-9,12,14,30H,5,10-11,13,15-16H2,1-2H3,(H,28,31). The molecule has 2 aliphatic rings. The Hall–Kier alpha value is -3.15. The summed E-state index contributed by atoms with van der Waals surface area (Å²) in [5.74, 6) is 0.0121. The molecule has 5 nitrogen and oxygen atoms in total. The second kappa shape index (κ2) is 8.41. The van der Waals surface area contributed by atoms with Gasteiger partial charge in [0, 0.05) is 45.1 Å². The maximum absolute atomic E-state index is 13.0. The first-order chi connectivity index (χ1) is 15.6. The van der Waals surface area contributed by atoms with Crippen molar-refractivity contribution in [3.8, 4) is 22.3 Å². The lowest BCUT2D eigenvalue weighted by molar-refractivity contribution is 0.0966. The molecule has 1 heterocycles. The number of anilines is 1. The fourth-order valence-electron chi connectivity index (χ4n) is 5.10. The maximum Gasteiger partial charge on any atom is 0.252 e. The number of ether oxygens (including phenoxy) is 1. The number of aliphatic hydroxyl groups is 1. The summed E-state index contributed by atoms with van der Waals surface area (Å²) in [7, 11) is 3.76. The van der Waals surface area contributed by atoms with E-state index in [0.717, 1.165) is 52.0 Å². The fourth-order valence-corrected chi connectivity index (χ4v) is 5.10. The average Bonchev–Trinajstić information content (AvgIpc) is 3.37. The molecule has 0 saturated heterocycles. The van der Waals surface area contributed by atoms with Crippen LogP contribution >= 0.6 is 0 Å². The molecule has 0 spiro atoms. The van der Waals surface area contributed by atoms with Crippen molar-refractivity contribution in [3.63, 3.8) is 0 Å². The highest BCUT2D eigenvalue weighted by Crippen LogP contribution is 2.46. The van der Waals surface area contributed by atoms with Gasteiger partial charge in [0.05, 0.1) is 12.2 Å². The van der Waals surface area contributed by atoms with Crippen molar-refractivity contribution in [3.05, 3.63) is 76.3 Å². The fraction of sp³-hybridized carbons (Fsp3) is 0.296. The molecule has 0 unspecified atom stereocenters. The van der Waals surface area contributed by atoms with Gasteiger partial charge in [0.25, 0.3) is 5.91 Å². The Balaban J connectivity index is 1.72. The van der Waals surface area contributed by atoms with Crippen LogP contribution in [-0.2, 0) is 24.3 Å². The highest BCUT2D eigenvalue weighted by molar-refractivity contribution is 6.09. The van der Waals surface area contributed by atoms with Crippen molar-refractivity contribution in [2.75, 3.05) is 32.2 Å². The second-order valence-electron chi connectivity index (χ2n) is 8.61. The molecule has 32 heavy (non-hydrogen) atoms. The van der Waals surface area contributed by atoms with E-state index in [0.29, 0.717) is 19.6 Å². The molecule has 0 bridgehead atoms. The predicted octanol–water partition coefficient (Wildman–Crippen LogP) is 4.13. The number of carbonyl (C=O) groups excluding carboxylic acids is 1. The number of aliphatic hydroxyl groups excluding tert-OH is 1. The molecular formula is C27H28N2O3. The summed E-state index contributed by atoms with van der Waals surface area (Å²) in [6.45, 7) is 1.98. The molecule has 0 atom stereocenters. The predicted molar refractivity (Wildman–Crippen MR) is 127 cm³/mol. The van der Waals surface area contributed by atoms with Gasteiger partial charge in [-0.3, -0.25) is 4.79 Å². The molecule has 5 heteroatoms. The zero-order valence-corrected chi connectivity index (χ0v) is 18.6. The number of nitrogens with one attached hydrogen (secondary N) is 1. The van der Waals surface area contributed by atoms with E-state index in [-0.39, 0.29) is 12.5 Å². The lowest BCUT2D eigenvalue weighted by atomic mass is 9.88. The number of hydrogen-bond acceptors (Lipinski definition) is 4. The van der Waals surface area contributed by atoms with E-state index in [1.165, 1.54) is 16.7 Å². The van der Waals surface area contributed by atoms with Gasteiger partial charge in [-0.1, -0.05) is 30.3 Å². The van der Waals surface area contributed by atoms with Gasteiger partial charge >= 0.3 is 0 Å². The van der Waals surface area contributed by atoms with Crippen molar-refractivity contribution >= 4 is 11.6 Å². The van der Waals surface area contributed by atoms with Crippen LogP contribution in [0.2, 0.25) is 0 Å². The highest BCUT2D eigenvalue weighted by atomic mass is 16.5. The van der Waals surface area contributed by atoms with Gasteiger partial charge in [0.15, 0.2) is 0 Å². The van der Waals surface area contributed by atoms with Crippen LogP contribution < -0.4 is 10.2 Å². The monoisotopic (exact) mass is 428 g/mol. The Kier molecular flexibility index (Phi) is 5.45. The summed E-state index contributed by atoms with van der Waals surface area (Å²) in [6, 6.07) is 17.1. The van der Waals surface area contributed by atoms with Gasteiger partial charge in [-0.2, -0.15) is 0 Å². The summed E-state index contributed by atoms with van der Waals surface area (Å²) >= 11 is 0. The van der Waals surface area contributed by atoms with Gasteiger partial charge in [-0.05, 0) is 70.0 Å². The summed E-state index contributed by atoms with van der Waals surface area (Å²) in [5, 5.41) is 12.4. The average molecular weight is 429 g/mol. The smallest absolute Gasteiger partial charge is 0.252 e. The Morgan fingerprint density at radius 1 is 1.03 bits per heavy atom. The zero-order valence-electron chi connectivity index (χ0n) is 18.6. The molecule has 1 aliphatic heterocycles. The topological polar surface area (TPSA) is 61.8 Å². The molecule has 0 radical (unpaired) electrons. The first kappa shape index (κ1) is 20.7. The van der Waals surface area contributed by atoms with E-state index < -0.39 is 0 Å². The molecule has 5 rings (SSSR count). The van der Waals surface area contributed by atoms with Gasteiger partial charge < -0.3 is 20.1 Å². The van der Waals surface area contributed by atoms with Crippen molar-refractivity contribution < 1.29 is 14.6 Å². The van der Waals surface area contributed by atoms with E-state index in [2.05, 4.69) is 59.7 Å². The number of rotatable bonds is 7. The van der Waals surface area contributed by atoms with E-state index in [1.54, 1.807) is 7.11 Å². The molecular weight excluding hydrogens is 400 g/mol. The summed E-state index contributed by atoms with van der Waals surface area (Å²) in [5.41, 5.74) is 11.0. The summed E-state index contributed by atoms with van der Waals surface area (Å²) < 4.78 is 5.40. The molecule has 3 aromatic rings. The highest BCUT2D eigenvalue weighted by Gasteiger charge is 2.33. The van der Waals surface area contributed by atoms with Gasteiger partial charge in [-0.25, -0.2) is 0 Å².